The van der Waals surface area contributed by atoms with Gasteiger partial charge in [0.1, 0.15) is 5.75 Å². The second-order valence-corrected chi connectivity index (χ2v) is 9.41. The van der Waals surface area contributed by atoms with Crippen molar-refractivity contribution in [2.45, 2.75) is 4.58 Å². The number of carbonyl (C=O) groups excluding carboxylic acids is 1. The van der Waals surface area contributed by atoms with Gasteiger partial charge < -0.3 is 14.6 Å². The van der Waals surface area contributed by atoms with Crippen LogP contribution in [0.3, 0.4) is 0 Å². The van der Waals surface area contributed by atoms with E-state index >= 15 is 0 Å². The molecule has 6 nitrogen and oxygen atoms in total. The highest BCUT2D eigenvalue weighted by molar-refractivity contribution is 9.10. The highest BCUT2D eigenvalue weighted by atomic mass is 79.9. The number of aromatic hydroxyl groups is 1. The van der Waals surface area contributed by atoms with Gasteiger partial charge in [-0.15, -0.1) is 23.5 Å². The van der Waals surface area contributed by atoms with Crippen LogP contribution in [0.25, 0.3) is 0 Å². The van der Waals surface area contributed by atoms with Gasteiger partial charge in [-0.25, -0.2) is 5.43 Å². The molecule has 0 aromatic heterocycles. The number of hydrazone groups is 1. The van der Waals surface area contributed by atoms with Crippen molar-refractivity contribution in [2.24, 2.45) is 5.10 Å². The van der Waals surface area contributed by atoms with Gasteiger partial charge in [0, 0.05) is 21.5 Å². The van der Waals surface area contributed by atoms with Crippen molar-refractivity contribution < 1.29 is 19.4 Å². The molecule has 1 amide bonds. The fourth-order valence-electron chi connectivity index (χ4n) is 2.48. The number of carbonyl (C=O) groups is 1. The van der Waals surface area contributed by atoms with Crippen molar-refractivity contribution in [3.05, 3.63) is 52.0 Å². The summed E-state index contributed by atoms with van der Waals surface area (Å²) in [4.78, 5) is 11.9. The molecule has 0 radical (unpaired) electrons. The summed E-state index contributed by atoms with van der Waals surface area (Å²) < 4.78 is 11.8. The molecular formula is C19H19BrN2O4S2. The molecule has 2 N–H and O–H groups in total. The first-order valence-corrected chi connectivity index (χ1v) is 11.3. The second-order valence-electron chi connectivity index (χ2n) is 5.77. The van der Waals surface area contributed by atoms with Crippen LogP contribution in [0.5, 0.6) is 17.2 Å². The summed E-state index contributed by atoms with van der Waals surface area (Å²) in [6, 6.07) is 11.1. The summed E-state index contributed by atoms with van der Waals surface area (Å²) in [5, 5.41) is 13.9. The van der Waals surface area contributed by atoms with Crippen molar-refractivity contribution >= 4 is 51.6 Å². The molecule has 1 aliphatic rings. The minimum Gasteiger partial charge on any atom is -0.504 e. The Hall–Kier alpha value is -1.84. The number of ether oxygens (including phenoxy) is 2. The summed E-state index contributed by atoms with van der Waals surface area (Å²) in [5.74, 6) is 2.84. The smallest absolute Gasteiger partial charge is 0.277 e. The molecule has 0 bridgehead atoms. The zero-order valence-electron chi connectivity index (χ0n) is 15.1. The summed E-state index contributed by atoms with van der Waals surface area (Å²) in [6.07, 6.45) is 1.34. The minimum absolute atomic E-state index is 0.0568. The number of halogens is 1. The number of hydrogen-bond acceptors (Lipinski definition) is 7. The Balaban J connectivity index is 1.49. The normalized spacial score (nSPS) is 14.4. The number of amides is 1. The Morgan fingerprint density at radius 3 is 2.71 bits per heavy atom. The fourth-order valence-corrected chi connectivity index (χ4v) is 5.79. The maximum Gasteiger partial charge on any atom is 0.277 e. The van der Waals surface area contributed by atoms with E-state index in [1.165, 1.54) is 30.4 Å². The van der Waals surface area contributed by atoms with Gasteiger partial charge in [0.05, 0.1) is 17.9 Å². The molecule has 3 rings (SSSR count). The Morgan fingerprint density at radius 2 is 2.04 bits per heavy atom. The molecule has 2 aromatic carbocycles. The lowest BCUT2D eigenvalue weighted by Gasteiger charge is -2.10. The molecule has 0 unspecified atom stereocenters. The lowest BCUT2D eigenvalue weighted by Crippen LogP contribution is -2.24. The lowest BCUT2D eigenvalue weighted by atomic mass is 10.2. The van der Waals surface area contributed by atoms with Gasteiger partial charge in [0.2, 0.25) is 0 Å². The number of rotatable bonds is 7. The predicted molar refractivity (Wildman–Crippen MR) is 118 cm³/mol. The van der Waals surface area contributed by atoms with Gasteiger partial charge in [-0.2, -0.15) is 5.10 Å². The Morgan fingerprint density at radius 1 is 1.32 bits per heavy atom. The average Bonchev–Trinajstić information content (AvgIpc) is 3.24. The third kappa shape index (κ3) is 5.59. The molecule has 28 heavy (non-hydrogen) atoms. The van der Waals surface area contributed by atoms with E-state index in [4.69, 9.17) is 9.47 Å². The minimum atomic E-state index is -0.399. The summed E-state index contributed by atoms with van der Waals surface area (Å²) in [7, 11) is 1.46. The van der Waals surface area contributed by atoms with Crippen LogP contribution in [0.1, 0.15) is 15.7 Å². The van der Waals surface area contributed by atoms with Crippen molar-refractivity contribution in [3.63, 3.8) is 0 Å². The SMILES string of the molecule is COc1cc(Br)cc(/C=N\NC(=O)COc2ccc(C3SCCS3)cc2)c1O. The molecule has 1 saturated heterocycles. The first kappa shape index (κ1) is 20.9. The van der Waals surface area contributed by atoms with Crippen LogP contribution >= 0.6 is 39.5 Å². The summed E-state index contributed by atoms with van der Waals surface area (Å²) >= 11 is 7.21. The number of thioether (sulfide) groups is 2. The quantitative estimate of drug-likeness (QED) is 0.455. The number of phenols is 1. The number of nitrogens with zero attached hydrogens (tertiary/aromatic N) is 1. The van der Waals surface area contributed by atoms with E-state index in [0.717, 1.165) is 4.47 Å². The molecule has 2 aromatic rings. The maximum absolute atomic E-state index is 11.9. The molecule has 9 heteroatoms. The molecule has 1 aliphatic heterocycles. The lowest BCUT2D eigenvalue weighted by molar-refractivity contribution is -0.123. The number of hydrogen-bond donors (Lipinski definition) is 2. The van der Waals surface area contributed by atoms with Crippen molar-refractivity contribution in [1.82, 2.24) is 5.43 Å². The number of nitrogens with one attached hydrogen (secondary N) is 1. The Kier molecular flexibility index (Phi) is 7.52. The van der Waals surface area contributed by atoms with E-state index in [1.54, 1.807) is 12.1 Å². The zero-order chi connectivity index (χ0) is 19.9. The fraction of sp³-hybridized carbons (Fsp3) is 0.263. The zero-order valence-corrected chi connectivity index (χ0v) is 18.3. The topological polar surface area (TPSA) is 80.2 Å². The molecule has 1 heterocycles. The van der Waals surface area contributed by atoms with Crippen LogP contribution in [0.2, 0.25) is 0 Å². The van der Waals surface area contributed by atoms with Crippen LogP contribution in [-0.2, 0) is 4.79 Å². The Bertz CT molecular complexity index is 856. The number of phenolic OH excluding ortho intramolecular Hbond substituents is 1. The van der Waals surface area contributed by atoms with E-state index in [9.17, 15) is 9.90 Å². The monoisotopic (exact) mass is 482 g/mol. The predicted octanol–water partition coefficient (Wildman–Crippen LogP) is 4.17. The standard InChI is InChI=1S/C19H19BrN2O4S2/c1-25-16-9-14(20)8-13(18(16)24)10-21-22-17(23)11-26-15-4-2-12(3-5-15)19-27-6-7-28-19/h2-5,8-10,19,24H,6-7,11H2,1H3,(H,22,23)/b21-10-. The van der Waals surface area contributed by atoms with Crippen molar-refractivity contribution in [1.29, 1.82) is 0 Å². The molecule has 0 spiro atoms. The van der Waals surface area contributed by atoms with Gasteiger partial charge in [-0.3, -0.25) is 4.79 Å². The third-order valence-corrected chi connectivity index (χ3v) is 7.39. The van der Waals surface area contributed by atoms with Crippen LogP contribution in [0, 0.1) is 0 Å². The highest BCUT2D eigenvalue weighted by Crippen LogP contribution is 2.45. The molecule has 0 atom stereocenters. The van der Waals surface area contributed by atoms with Crippen LogP contribution in [0.15, 0.2) is 46.0 Å². The maximum atomic E-state index is 11.9. The van der Waals surface area contributed by atoms with E-state index in [0.29, 0.717) is 21.6 Å². The molecular weight excluding hydrogens is 464 g/mol. The second kappa shape index (κ2) is 10.1. The van der Waals surface area contributed by atoms with Crippen LogP contribution in [-0.4, -0.2) is 42.5 Å². The number of benzene rings is 2. The highest BCUT2D eigenvalue weighted by Gasteiger charge is 2.18. The van der Waals surface area contributed by atoms with Crippen LogP contribution in [0.4, 0.5) is 0 Å². The van der Waals surface area contributed by atoms with Gasteiger partial charge >= 0.3 is 0 Å². The summed E-state index contributed by atoms with van der Waals surface area (Å²) in [6.45, 7) is -0.155. The number of methoxy groups -OCH3 is 1. The van der Waals surface area contributed by atoms with E-state index in [-0.39, 0.29) is 12.4 Å². The largest absolute Gasteiger partial charge is 0.504 e. The van der Waals surface area contributed by atoms with E-state index < -0.39 is 5.91 Å². The molecule has 148 valence electrons. The van der Waals surface area contributed by atoms with Gasteiger partial charge in [-0.05, 0) is 29.8 Å². The van der Waals surface area contributed by atoms with Gasteiger partial charge in [0.15, 0.2) is 18.1 Å². The van der Waals surface area contributed by atoms with Crippen molar-refractivity contribution in [3.8, 4) is 17.2 Å². The third-order valence-electron chi connectivity index (χ3n) is 3.83. The molecule has 1 fully saturated rings. The van der Waals surface area contributed by atoms with Gasteiger partial charge in [0.25, 0.3) is 5.91 Å². The average molecular weight is 483 g/mol. The van der Waals surface area contributed by atoms with Crippen LogP contribution < -0.4 is 14.9 Å². The first-order chi connectivity index (χ1) is 13.6. The summed E-state index contributed by atoms with van der Waals surface area (Å²) in [5.41, 5.74) is 4.04. The van der Waals surface area contributed by atoms with E-state index in [2.05, 4.69) is 26.5 Å². The molecule has 0 saturated carbocycles. The van der Waals surface area contributed by atoms with E-state index in [1.807, 2.05) is 47.8 Å². The molecule has 0 aliphatic carbocycles. The van der Waals surface area contributed by atoms with Crippen molar-refractivity contribution in [2.75, 3.05) is 25.2 Å². The van der Waals surface area contributed by atoms with Gasteiger partial charge in [-0.1, -0.05) is 28.1 Å². The first-order valence-electron chi connectivity index (χ1n) is 8.41. The Labute approximate surface area is 180 Å².